The minimum atomic E-state index is -0.964. The van der Waals surface area contributed by atoms with Gasteiger partial charge >= 0.3 is 5.97 Å². The molecule has 2 N–H and O–H groups in total. The van der Waals surface area contributed by atoms with Crippen molar-refractivity contribution in [1.82, 2.24) is 9.55 Å². The number of para-hydroxylation sites is 1. The third-order valence-corrected chi connectivity index (χ3v) is 9.19. The van der Waals surface area contributed by atoms with E-state index in [-0.39, 0.29) is 30.5 Å². The van der Waals surface area contributed by atoms with Gasteiger partial charge in [-0.15, -0.1) is 12.4 Å². The quantitative estimate of drug-likeness (QED) is 0.157. The Morgan fingerprint density at radius 1 is 0.816 bits per heavy atom. The van der Waals surface area contributed by atoms with Crippen LogP contribution in [0, 0.1) is 0 Å². The van der Waals surface area contributed by atoms with E-state index in [1.807, 2.05) is 103 Å². The zero-order valence-corrected chi connectivity index (χ0v) is 28.2. The molecule has 1 amide bonds. The van der Waals surface area contributed by atoms with Gasteiger partial charge in [0, 0.05) is 27.9 Å². The summed E-state index contributed by atoms with van der Waals surface area (Å²) in [6.07, 6.45) is 5.69. The number of benzene rings is 5. The monoisotopic (exact) mass is 691 g/mol. The standard InChI is InChI=1S/C40H34ClN3O4.ClH/c41-31-17-11-26(12-18-31)35-21-15-28(39(45)42-32-7-3-1-4-8-32)23-30(35)25-48-34-19-13-27(14-20-34)38-43-36-24-29(40(46)47)16-22-37(36)44(38)33-9-5-2-6-10-33;/h1,3-4,7-8,11-24,33H,2,5-6,9-10,25H2,(H,42,45)(H,46,47);1H. The van der Waals surface area contributed by atoms with Crippen LogP contribution in [0.15, 0.2) is 115 Å². The molecule has 1 aromatic heterocycles. The number of nitrogens with one attached hydrogen (secondary N) is 1. The number of hydrogen-bond acceptors (Lipinski definition) is 4. The van der Waals surface area contributed by atoms with Crippen LogP contribution >= 0.6 is 24.0 Å². The maximum atomic E-state index is 13.2. The van der Waals surface area contributed by atoms with Crippen LogP contribution in [0.4, 0.5) is 5.69 Å². The lowest BCUT2D eigenvalue weighted by Crippen LogP contribution is -2.14. The van der Waals surface area contributed by atoms with Crippen LogP contribution in [0.3, 0.4) is 0 Å². The van der Waals surface area contributed by atoms with Crippen LogP contribution in [0.2, 0.25) is 5.02 Å². The van der Waals surface area contributed by atoms with Crippen LogP contribution in [0.25, 0.3) is 33.5 Å². The molecule has 248 valence electrons. The molecule has 0 aliphatic heterocycles. The highest BCUT2D eigenvalue weighted by atomic mass is 35.5. The molecule has 7 rings (SSSR count). The molecule has 0 saturated heterocycles. The molecular weight excluding hydrogens is 657 g/mol. The number of aromatic nitrogens is 2. The summed E-state index contributed by atoms with van der Waals surface area (Å²) in [5.41, 5.74) is 6.82. The molecule has 0 spiro atoms. The van der Waals surface area contributed by atoms with Crippen molar-refractivity contribution in [3.63, 3.8) is 0 Å². The highest BCUT2D eigenvalue weighted by molar-refractivity contribution is 6.30. The van der Waals surface area contributed by atoms with Gasteiger partial charge in [-0.05, 0) is 108 Å². The SMILES string of the molecule is Cl.O=C(O)c1ccc2c(c1)nc(-c1ccc(OCc3cc(C(=O)Nc4ccccc4)ccc3-c3ccc(Cl)cc3)cc1)n2C1CCCCC1. The molecule has 6 aromatic rings. The normalized spacial score (nSPS) is 13.1. The van der Waals surface area contributed by atoms with E-state index in [0.29, 0.717) is 27.9 Å². The van der Waals surface area contributed by atoms with Gasteiger partial charge in [0.2, 0.25) is 0 Å². The Labute approximate surface area is 295 Å². The maximum absolute atomic E-state index is 13.2. The van der Waals surface area contributed by atoms with Crippen molar-refractivity contribution in [3.05, 3.63) is 137 Å². The number of amides is 1. The molecule has 5 aromatic carbocycles. The first-order valence-electron chi connectivity index (χ1n) is 16.2. The fourth-order valence-electron chi connectivity index (χ4n) is 6.50. The molecule has 1 aliphatic rings. The Balaban J connectivity index is 0.00000417. The van der Waals surface area contributed by atoms with Crippen molar-refractivity contribution < 1.29 is 19.4 Å². The minimum absolute atomic E-state index is 0. The summed E-state index contributed by atoms with van der Waals surface area (Å²) in [6, 6.07) is 36.0. The molecule has 1 heterocycles. The lowest BCUT2D eigenvalue weighted by Gasteiger charge is -2.25. The van der Waals surface area contributed by atoms with Gasteiger partial charge in [0.15, 0.2) is 0 Å². The molecule has 7 nitrogen and oxygen atoms in total. The first-order chi connectivity index (χ1) is 23.4. The van der Waals surface area contributed by atoms with Crippen LogP contribution in [-0.2, 0) is 6.61 Å². The third kappa shape index (κ3) is 7.48. The molecule has 0 atom stereocenters. The Bertz CT molecular complexity index is 2090. The number of hydrogen-bond donors (Lipinski definition) is 2. The summed E-state index contributed by atoms with van der Waals surface area (Å²) in [4.78, 5) is 29.8. The number of fused-ring (bicyclic) bond motifs is 1. The highest BCUT2D eigenvalue weighted by Crippen LogP contribution is 2.37. The van der Waals surface area contributed by atoms with Gasteiger partial charge in [-0.2, -0.15) is 0 Å². The third-order valence-electron chi connectivity index (χ3n) is 8.94. The molecule has 1 fully saturated rings. The summed E-state index contributed by atoms with van der Waals surface area (Å²) in [6.45, 7) is 0.238. The van der Waals surface area contributed by atoms with Crippen LogP contribution < -0.4 is 10.1 Å². The van der Waals surface area contributed by atoms with Gasteiger partial charge in [0.25, 0.3) is 5.91 Å². The number of anilines is 1. The smallest absolute Gasteiger partial charge is 0.335 e. The lowest BCUT2D eigenvalue weighted by atomic mass is 9.95. The zero-order valence-electron chi connectivity index (χ0n) is 26.6. The predicted octanol–water partition coefficient (Wildman–Crippen LogP) is 10.5. The number of aromatic carboxylic acids is 1. The second kappa shape index (κ2) is 15.0. The first kappa shape index (κ1) is 33.8. The molecular formula is C40H35Cl2N3O4. The lowest BCUT2D eigenvalue weighted by molar-refractivity contribution is 0.0696. The zero-order chi connectivity index (χ0) is 33.0. The molecule has 0 bridgehead atoms. The average Bonchev–Trinajstić information content (AvgIpc) is 3.51. The molecule has 1 saturated carbocycles. The van der Waals surface area contributed by atoms with E-state index in [4.69, 9.17) is 21.3 Å². The number of rotatable bonds is 9. The van der Waals surface area contributed by atoms with Crippen molar-refractivity contribution in [2.45, 2.75) is 44.8 Å². The molecule has 0 radical (unpaired) electrons. The van der Waals surface area contributed by atoms with E-state index >= 15 is 0 Å². The summed E-state index contributed by atoms with van der Waals surface area (Å²) in [7, 11) is 0. The Morgan fingerprint density at radius 3 is 2.22 bits per heavy atom. The molecule has 49 heavy (non-hydrogen) atoms. The van der Waals surface area contributed by atoms with E-state index in [0.717, 1.165) is 65.0 Å². The Hall–Kier alpha value is -5.11. The fourth-order valence-corrected chi connectivity index (χ4v) is 6.62. The summed E-state index contributed by atoms with van der Waals surface area (Å²) >= 11 is 6.17. The largest absolute Gasteiger partial charge is 0.489 e. The van der Waals surface area contributed by atoms with Gasteiger partial charge in [0.05, 0.1) is 16.6 Å². The van der Waals surface area contributed by atoms with E-state index < -0.39 is 5.97 Å². The second-order valence-electron chi connectivity index (χ2n) is 12.1. The first-order valence-corrected chi connectivity index (χ1v) is 16.5. The van der Waals surface area contributed by atoms with E-state index in [1.165, 1.54) is 6.42 Å². The summed E-state index contributed by atoms with van der Waals surface area (Å²) in [5, 5.41) is 13.2. The number of imidazole rings is 1. The van der Waals surface area contributed by atoms with Crippen LogP contribution in [0.1, 0.15) is 64.4 Å². The summed E-state index contributed by atoms with van der Waals surface area (Å²) < 4.78 is 8.61. The Morgan fingerprint density at radius 2 is 1.51 bits per heavy atom. The number of ether oxygens (including phenoxy) is 1. The van der Waals surface area contributed by atoms with Crippen molar-refractivity contribution in [2.24, 2.45) is 0 Å². The van der Waals surface area contributed by atoms with Gasteiger partial charge in [-0.25, -0.2) is 9.78 Å². The number of carbonyl (C=O) groups excluding carboxylic acids is 1. The number of carboxylic acids is 1. The molecule has 0 unspecified atom stereocenters. The Kier molecular flexibility index (Phi) is 10.3. The van der Waals surface area contributed by atoms with E-state index in [2.05, 4.69) is 9.88 Å². The summed E-state index contributed by atoms with van der Waals surface area (Å²) in [5.74, 6) is 0.334. The van der Waals surface area contributed by atoms with Crippen molar-refractivity contribution in [1.29, 1.82) is 0 Å². The number of carbonyl (C=O) groups is 2. The number of halogens is 2. The van der Waals surface area contributed by atoms with Gasteiger partial charge in [-0.1, -0.05) is 67.3 Å². The van der Waals surface area contributed by atoms with E-state index in [1.54, 1.807) is 12.1 Å². The maximum Gasteiger partial charge on any atom is 0.335 e. The van der Waals surface area contributed by atoms with Crippen molar-refractivity contribution in [3.8, 4) is 28.3 Å². The number of carboxylic acid groups (broad SMARTS) is 1. The topological polar surface area (TPSA) is 93.5 Å². The van der Waals surface area contributed by atoms with Crippen molar-refractivity contribution in [2.75, 3.05) is 5.32 Å². The minimum Gasteiger partial charge on any atom is -0.489 e. The van der Waals surface area contributed by atoms with Crippen molar-refractivity contribution >= 4 is 52.6 Å². The van der Waals surface area contributed by atoms with Gasteiger partial charge in [0.1, 0.15) is 18.2 Å². The van der Waals surface area contributed by atoms with E-state index in [9.17, 15) is 14.7 Å². The number of nitrogens with zero attached hydrogens (tertiary/aromatic N) is 2. The average molecular weight is 693 g/mol. The highest BCUT2D eigenvalue weighted by Gasteiger charge is 2.23. The molecule has 9 heteroatoms. The van der Waals surface area contributed by atoms with Crippen LogP contribution in [-0.4, -0.2) is 26.5 Å². The van der Waals surface area contributed by atoms with Crippen LogP contribution in [0.5, 0.6) is 5.75 Å². The van der Waals surface area contributed by atoms with Gasteiger partial charge < -0.3 is 19.7 Å². The van der Waals surface area contributed by atoms with Gasteiger partial charge in [-0.3, -0.25) is 4.79 Å². The predicted molar refractivity (Wildman–Crippen MR) is 197 cm³/mol. The molecule has 1 aliphatic carbocycles. The second-order valence-corrected chi connectivity index (χ2v) is 12.6. The fraction of sp³-hybridized carbons (Fsp3) is 0.175.